The van der Waals surface area contributed by atoms with Crippen LogP contribution in [0.3, 0.4) is 0 Å². The Labute approximate surface area is 112 Å². The minimum atomic E-state index is -0.312. The zero-order valence-electron chi connectivity index (χ0n) is 9.41. The molecule has 2 rings (SSSR count). The first kappa shape index (κ1) is 12.8. The first-order valence-corrected chi connectivity index (χ1v) is 7.00. The molecular weight excluding hydrogens is 270 g/mol. The highest BCUT2D eigenvalue weighted by molar-refractivity contribution is 8.01. The first-order chi connectivity index (χ1) is 8.75. The van der Waals surface area contributed by atoms with E-state index in [-0.39, 0.29) is 5.97 Å². The van der Waals surface area contributed by atoms with Crippen LogP contribution in [-0.4, -0.2) is 28.5 Å². The van der Waals surface area contributed by atoms with E-state index in [0.29, 0.717) is 23.1 Å². The van der Waals surface area contributed by atoms with Gasteiger partial charge in [-0.1, -0.05) is 41.3 Å². The number of thioether (sulfide) groups is 1. The molecular formula is C11H11N3O2S2. The Morgan fingerprint density at radius 1 is 1.33 bits per heavy atom. The molecule has 7 heteroatoms. The van der Waals surface area contributed by atoms with Gasteiger partial charge in [0.1, 0.15) is 6.61 Å². The van der Waals surface area contributed by atoms with E-state index in [9.17, 15) is 4.79 Å². The van der Waals surface area contributed by atoms with Gasteiger partial charge in [-0.25, -0.2) is 4.79 Å². The van der Waals surface area contributed by atoms with Gasteiger partial charge in [0.25, 0.3) is 0 Å². The number of benzene rings is 1. The quantitative estimate of drug-likeness (QED) is 0.513. The molecule has 0 amide bonds. The topological polar surface area (TPSA) is 78.1 Å². The fourth-order valence-corrected chi connectivity index (χ4v) is 2.72. The van der Waals surface area contributed by atoms with Crippen molar-refractivity contribution >= 4 is 34.2 Å². The van der Waals surface area contributed by atoms with Crippen LogP contribution in [0.1, 0.15) is 10.4 Å². The second kappa shape index (κ2) is 6.36. The third kappa shape index (κ3) is 3.71. The van der Waals surface area contributed by atoms with Gasteiger partial charge in [0, 0.05) is 5.75 Å². The lowest BCUT2D eigenvalue weighted by Gasteiger charge is -2.03. The Bertz CT molecular complexity index is 516. The van der Waals surface area contributed by atoms with Crippen LogP contribution in [0.5, 0.6) is 0 Å². The predicted octanol–water partition coefficient (Wildman–Crippen LogP) is 2.07. The van der Waals surface area contributed by atoms with E-state index in [0.717, 1.165) is 4.34 Å². The molecule has 2 aromatic rings. The number of anilines is 1. The molecule has 94 valence electrons. The summed E-state index contributed by atoms with van der Waals surface area (Å²) < 4.78 is 5.90. The van der Waals surface area contributed by atoms with Gasteiger partial charge < -0.3 is 10.5 Å². The van der Waals surface area contributed by atoms with E-state index in [4.69, 9.17) is 10.5 Å². The second-order valence-electron chi connectivity index (χ2n) is 3.26. The zero-order chi connectivity index (χ0) is 12.8. The molecule has 5 nitrogen and oxygen atoms in total. The maximum Gasteiger partial charge on any atom is 0.338 e. The van der Waals surface area contributed by atoms with Crippen LogP contribution < -0.4 is 5.73 Å². The van der Waals surface area contributed by atoms with Crippen molar-refractivity contribution in [1.29, 1.82) is 0 Å². The minimum absolute atomic E-state index is 0.312. The molecule has 1 aromatic heterocycles. The Morgan fingerprint density at radius 2 is 2.11 bits per heavy atom. The monoisotopic (exact) mass is 281 g/mol. The number of nitrogens with two attached hydrogens (primary N) is 1. The summed E-state index contributed by atoms with van der Waals surface area (Å²) in [6, 6.07) is 8.90. The number of carbonyl (C=O) groups excluding carboxylic acids is 1. The molecule has 0 unspecified atom stereocenters. The van der Waals surface area contributed by atoms with Gasteiger partial charge in [0.15, 0.2) is 4.34 Å². The normalized spacial score (nSPS) is 10.2. The Morgan fingerprint density at radius 3 is 2.78 bits per heavy atom. The maximum atomic E-state index is 11.6. The van der Waals surface area contributed by atoms with Crippen LogP contribution in [-0.2, 0) is 4.74 Å². The van der Waals surface area contributed by atoms with Crippen molar-refractivity contribution < 1.29 is 9.53 Å². The lowest BCUT2D eigenvalue weighted by Crippen LogP contribution is -2.07. The first-order valence-electron chi connectivity index (χ1n) is 5.19. The van der Waals surface area contributed by atoms with Crippen LogP contribution in [0.4, 0.5) is 5.13 Å². The van der Waals surface area contributed by atoms with Gasteiger partial charge in [-0.05, 0) is 12.1 Å². The van der Waals surface area contributed by atoms with E-state index < -0.39 is 0 Å². The van der Waals surface area contributed by atoms with Crippen molar-refractivity contribution in [3.05, 3.63) is 35.9 Å². The molecule has 0 fully saturated rings. The number of esters is 1. The summed E-state index contributed by atoms with van der Waals surface area (Å²) in [6.45, 7) is 0.331. The Hall–Kier alpha value is -1.60. The van der Waals surface area contributed by atoms with E-state index in [2.05, 4.69) is 10.2 Å². The van der Waals surface area contributed by atoms with Crippen LogP contribution >= 0.6 is 23.1 Å². The number of hydrogen-bond donors (Lipinski definition) is 1. The van der Waals surface area contributed by atoms with Gasteiger partial charge in [0.2, 0.25) is 5.13 Å². The summed E-state index contributed by atoms with van der Waals surface area (Å²) in [4.78, 5) is 11.6. The van der Waals surface area contributed by atoms with Crippen molar-refractivity contribution in [2.75, 3.05) is 18.1 Å². The van der Waals surface area contributed by atoms with Gasteiger partial charge >= 0.3 is 5.97 Å². The number of ether oxygens (including phenoxy) is 1. The number of nitrogens with zero attached hydrogens (tertiary/aromatic N) is 2. The maximum absolute atomic E-state index is 11.6. The highest BCUT2D eigenvalue weighted by Crippen LogP contribution is 2.23. The fourth-order valence-electron chi connectivity index (χ4n) is 1.20. The molecule has 0 radical (unpaired) electrons. The van der Waals surface area contributed by atoms with Crippen LogP contribution in [0.15, 0.2) is 34.7 Å². The smallest absolute Gasteiger partial charge is 0.338 e. The van der Waals surface area contributed by atoms with Crippen LogP contribution in [0.25, 0.3) is 0 Å². The highest BCUT2D eigenvalue weighted by atomic mass is 32.2. The van der Waals surface area contributed by atoms with Crippen molar-refractivity contribution in [3.8, 4) is 0 Å². The third-order valence-electron chi connectivity index (χ3n) is 1.97. The summed E-state index contributed by atoms with van der Waals surface area (Å²) in [5, 5.41) is 8.00. The number of hydrogen-bond acceptors (Lipinski definition) is 7. The molecule has 0 spiro atoms. The highest BCUT2D eigenvalue weighted by Gasteiger charge is 2.06. The molecule has 1 heterocycles. The minimum Gasteiger partial charge on any atom is -0.461 e. The number of rotatable bonds is 5. The summed E-state index contributed by atoms with van der Waals surface area (Å²) in [6.07, 6.45) is 0. The van der Waals surface area contributed by atoms with Gasteiger partial charge in [-0.2, -0.15) is 0 Å². The van der Waals surface area contributed by atoms with E-state index in [1.165, 1.54) is 23.1 Å². The van der Waals surface area contributed by atoms with Gasteiger partial charge in [0.05, 0.1) is 5.56 Å². The summed E-state index contributed by atoms with van der Waals surface area (Å²) in [5.74, 6) is 0.320. The molecule has 2 N–H and O–H groups in total. The van der Waals surface area contributed by atoms with E-state index >= 15 is 0 Å². The molecule has 0 bridgehead atoms. The molecule has 0 saturated heterocycles. The number of nitrogen functional groups attached to an aromatic ring is 1. The SMILES string of the molecule is Nc1nnc(SCCOC(=O)c2ccccc2)s1. The number of carbonyl (C=O) groups is 1. The summed E-state index contributed by atoms with van der Waals surface area (Å²) >= 11 is 2.79. The molecule has 0 saturated carbocycles. The molecule has 0 aliphatic rings. The van der Waals surface area contributed by atoms with Gasteiger partial charge in [-0.3, -0.25) is 0 Å². The fraction of sp³-hybridized carbons (Fsp3) is 0.182. The van der Waals surface area contributed by atoms with Crippen molar-refractivity contribution in [2.24, 2.45) is 0 Å². The van der Waals surface area contributed by atoms with Crippen molar-refractivity contribution in [3.63, 3.8) is 0 Å². The van der Waals surface area contributed by atoms with Crippen LogP contribution in [0.2, 0.25) is 0 Å². The average Bonchev–Trinajstić information content (AvgIpc) is 2.81. The molecule has 18 heavy (non-hydrogen) atoms. The van der Waals surface area contributed by atoms with Crippen LogP contribution in [0, 0.1) is 0 Å². The Kier molecular flexibility index (Phi) is 4.54. The van der Waals surface area contributed by atoms with E-state index in [1.807, 2.05) is 6.07 Å². The summed E-state index contributed by atoms with van der Waals surface area (Å²) in [5.41, 5.74) is 6.01. The molecule has 0 aliphatic carbocycles. The Balaban J connectivity index is 1.71. The average molecular weight is 281 g/mol. The lowest BCUT2D eigenvalue weighted by molar-refractivity contribution is 0.0530. The predicted molar refractivity (Wildman–Crippen MR) is 71.8 cm³/mol. The van der Waals surface area contributed by atoms with Crippen molar-refractivity contribution in [1.82, 2.24) is 10.2 Å². The number of aromatic nitrogens is 2. The third-order valence-corrected chi connectivity index (χ3v) is 3.82. The molecule has 0 atom stereocenters. The largest absolute Gasteiger partial charge is 0.461 e. The molecule has 0 aliphatic heterocycles. The standard InChI is InChI=1S/C11H11N3O2S2/c12-10-13-14-11(18-10)17-7-6-16-9(15)8-4-2-1-3-5-8/h1-5H,6-7H2,(H2,12,13). The zero-order valence-corrected chi connectivity index (χ0v) is 11.0. The lowest BCUT2D eigenvalue weighted by atomic mass is 10.2. The second-order valence-corrected chi connectivity index (χ2v) is 5.61. The van der Waals surface area contributed by atoms with E-state index in [1.54, 1.807) is 24.3 Å². The molecule has 1 aromatic carbocycles. The van der Waals surface area contributed by atoms with Crippen molar-refractivity contribution in [2.45, 2.75) is 4.34 Å². The van der Waals surface area contributed by atoms with Gasteiger partial charge in [-0.15, -0.1) is 10.2 Å². The summed E-state index contributed by atoms with van der Waals surface area (Å²) in [7, 11) is 0.